The second kappa shape index (κ2) is 4.17. The molecule has 1 heterocycles. The summed E-state index contributed by atoms with van der Waals surface area (Å²) in [5.74, 6) is -0.887. The van der Waals surface area contributed by atoms with E-state index >= 15 is 0 Å². The maximum absolute atomic E-state index is 11.6. The zero-order chi connectivity index (χ0) is 10.6. The van der Waals surface area contributed by atoms with Crippen molar-refractivity contribution in [3.63, 3.8) is 0 Å². The van der Waals surface area contributed by atoms with E-state index in [9.17, 15) is 18.0 Å². The molecular formula is C8H8F3NO2. The summed E-state index contributed by atoms with van der Waals surface area (Å²) in [7, 11) is 0. The Kier molecular flexibility index (Phi) is 3.16. The van der Waals surface area contributed by atoms with Gasteiger partial charge in [-0.3, -0.25) is 4.79 Å². The predicted molar refractivity (Wildman–Crippen MR) is 41.5 cm³/mol. The molecule has 0 aliphatic carbocycles. The van der Waals surface area contributed by atoms with E-state index < -0.39 is 18.8 Å². The van der Waals surface area contributed by atoms with Crippen molar-refractivity contribution >= 4 is 5.97 Å². The van der Waals surface area contributed by atoms with Crippen molar-refractivity contribution < 1.29 is 22.7 Å². The van der Waals surface area contributed by atoms with Crippen LogP contribution in [0.15, 0.2) is 18.5 Å². The van der Waals surface area contributed by atoms with Crippen molar-refractivity contribution in [1.29, 1.82) is 0 Å². The molecule has 1 rings (SSSR count). The number of aromatic nitrogens is 1. The molecule has 3 nitrogen and oxygen atoms in total. The summed E-state index contributed by atoms with van der Waals surface area (Å²) >= 11 is 0. The molecule has 0 aliphatic heterocycles. The molecule has 14 heavy (non-hydrogen) atoms. The highest BCUT2D eigenvalue weighted by atomic mass is 19.4. The summed E-state index contributed by atoms with van der Waals surface area (Å²) in [6.07, 6.45) is -1.52. The standard InChI is InChI=1S/C8H8F3NO2/c9-8(10,11)5-14-7(13)3-6-1-2-12-4-6/h1-2,4,12H,3,5H2. The fourth-order valence-corrected chi connectivity index (χ4v) is 0.848. The zero-order valence-electron chi connectivity index (χ0n) is 7.10. The monoisotopic (exact) mass is 207 g/mol. The number of aromatic amines is 1. The fourth-order valence-electron chi connectivity index (χ4n) is 0.848. The average molecular weight is 207 g/mol. The van der Waals surface area contributed by atoms with Crippen molar-refractivity contribution in [1.82, 2.24) is 4.98 Å². The van der Waals surface area contributed by atoms with Gasteiger partial charge in [-0.05, 0) is 11.6 Å². The first-order valence-corrected chi connectivity index (χ1v) is 3.81. The number of alkyl halides is 3. The normalized spacial score (nSPS) is 11.4. The molecule has 0 fully saturated rings. The highest BCUT2D eigenvalue weighted by molar-refractivity contribution is 5.72. The minimum Gasteiger partial charge on any atom is -0.456 e. The molecule has 0 bridgehead atoms. The van der Waals surface area contributed by atoms with Crippen LogP contribution >= 0.6 is 0 Å². The largest absolute Gasteiger partial charge is 0.456 e. The van der Waals surface area contributed by atoms with Crippen LogP contribution in [0.2, 0.25) is 0 Å². The van der Waals surface area contributed by atoms with Crippen LogP contribution < -0.4 is 0 Å². The van der Waals surface area contributed by atoms with Gasteiger partial charge in [-0.1, -0.05) is 0 Å². The van der Waals surface area contributed by atoms with Crippen molar-refractivity contribution in [3.05, 3.63) is 24.0 Å². The minimum absolute atomic E-state index is 0.153. The molecule has 78 valence electrons. The fraction of sp³-hybridized carbons (Fsp3) is 0.375. The Bertz CT molecular complexity index is 292. The summed E-state index contributed by atoms with van der Waals surface area (Å²) in [6.45, 7) is -1.53. The third kappa shape index (κ3) is 3.97. The second-order valence-electron chi connectivity index (χ2n) is 2.67. The van der Waals surface area contributed by atoms with E-state index in [1.807, 2.05) is 0 Å². The molecule has 0 spiro atoms. The quantitative estimate of drug-likeness (QED) is 0.766. The Balaban J connectivity index is 2.30. The van der Waals surface area contributed by atoms with E-state index in [-0.39, 0.29) is 6.42 Å². The van der Waals surface area contributed by atoms with Gasteiger partial charge in [0.05, 0.1) is 6.42 Å². The van der Waals surface area contributed by atoms with Gasteiger partial charge < -0.3 is 9.72 Å². The first-order chi connectivity index (χ1) is 6.47. The van der Waals surface area contributed by atoms with Crippen LogP contribution in [-0.2, 0) is 16.0 Å². The van der Waals surface area contributed by atoms with Gasteiger partial charge >= 0.3 is 12.1 Å². The van der Waals surface area contributed by atoms with E-state index in [2.05, 4.69) is 9.72 Å². The SMILES string of the molecule is O=C(Cc1cc[nH]c1)OCC(F)(F)F. The molecule has 0 saturated carbocycles. The van der Waals surface area contributed by atoms with Crippen LogP contribution in [-0.4, -0.2) is 23.7 Å². The lowest BCUT2D eigenvalue weighted by Crippen LogP contribution is -2.21. The van der Waals surface area contributed by atoms with E-state index in [1.54, 1.807) is 12.3 Å². The first kappa shape index (κ1) is 10.6. The molecule has 0 aliphatic rings. The Hall–Kier alpha value is -1.46. The van der Waals surface area contributed by atoms with E-state index in [0.717, 1.165) is 0 Å². The highest BCUT2D eigenvalue weighted by Crippen LogP contribution is 2.14. The Morgan fingerprint density at radius 2 is 2.21 bits per heavy atom. The topological polar surface area (TPSA) is 42.1 Å². The number of hydrogen-bond donors (Lipinski definition) is 1. The van der Waals surface area contributed by atoms with Gasteiger partial charge in [0.25, 0.3) is 0 Å². The Labute approximate surface area is 77.9 Å². The first-order valence-electron chi connectivity index (χ1n) is 3.81. The Morgan fingerprint density at radius 3 is 2.71 bits per heavy atom. The maximum atomic E-state index is 11.6. The van der Waals surface area contributed by atoms with Gasteiger partial charge in [0.15, 0.2) is 6.61 Å². The lowest BCUT2D eigenvalue weighted by molar-refractivity contribution is -0.185. The predicted octanol–water partition coefficient (Wildman–Crippen LogP) is 1.66. The van der Waals surface area contributed by atoms with Gasteiger partial charge in [0.1, 0.15) is 0 Å². The summed E-state index contributed by atoms with van der Waals surface area (Å²) in [6, 6.07) is 1.59. The molecule has 0 amide bonds. The molecule has 0 unspecified atom stereocenters. The molecule has 1 N–H and O–H groups in total. The van der Waals surface area contributed by atoms with Crippen molar-refractivity contribution in [2.75, 3.05) is 6.61 Å². The molecular weight excluding hydrogens is 199 g/mol. The van der Waals surface area contributed by atoms with E-state index in [0.29, 0.717) is 5.56 Å². The van der Waals surface area contributed by atoms with Gasteiger partial charge in [-0.2, -0.15) is 13.2 Å². The molecule has 0 radical (unpaired) electrons. The molecule has 0 atom stereocenters. The third-order valence-corrected chi connectivity index (χ3v) is 1.41. The molecule has 0 aromatic carbocycles. The van der Waals surface area contributed by atoms with Crippen LogP contribution in [0.4, 0.5) is 13.2 Å². The van der Waals surface area contributed by atoms with Crippen LogP contribution in [0.3, 0.4) is 0 Å². The lowest BCUT2D eigenvalue weighted by Gasteiger charge is -2.06. The van der Waals surface area contributed by atoms with Crippen molar-refractivity contribution in [2.45, 2.75) is 12.6 Å². The average Bonchev–Trinajstić information content (AvgIpc) is 2.52. The number of H-pyrrole nitrogens is 1. The van der Waals surface area contributed by atoms with Gasteiger partial charge in [-0.25, -0.2) is 0 Å². The van der Waals surface area contributed by atoms with Crippen LogP contribution in [0.1, 0.15) is 5.56 Å². The van der Waals surface area contributed by atoms with Crippen LogP contribution in [0.5, 0.6) is 0 Å². The summed E-state index contributed by atoms with van der Waals surface area (Å²) < 4.78 is 38.8. The molecule has 1 aromatic rings. The van der Waals surface area contributed by atoms with Gasteiger partial charge in [0.2, 0.25) is 0 Å². The number of ether oxygens (including phenoxy) is 1. The van der Waals surface area contributed by atoms with Gasteiger partial charge in [-0.15, -0.1) is 0 Å². The van der Waals surface area contributed by atoms with Crippen molar-refractivity contribution in [2.24, 2.45) is 0 Å². The lowest BCUT2D eigenvalue weighted by atomic mass is 10.2. The third-order valence-electron chi connectivity index (χ3n) is 1.41. The molecule has 6 heteroatoms. The smallest absolute Gasteiger partial charge is 0.422 e. The van der Waals surface area contributed by atoms with Crippen LogP contribution in [0, 0.1) is 0 Å². The number of carbonyl (C=O) groups is 1. The number of carbonyl (C=O) groups excluding carboxylic acids is 1. The molecule has 0 saturated heterocycles. The summed E-state index contributed by atoms with van der Waals surface area (Å²) in [4.78, 5) is 13.5. The zero-order valence-corrected chi connectivity index (χ0v) is 7.10. The summed E-state index contributed by atoms with van der Waals surface area (Å²) in [5.41, 5.74) is 0.595. The minimum atomic E-state index is -4.46. The van der Waals surface area contributed by atoms with Crippen molar-refractivity contribution in [3.8, 4) is 0 Å². The number of hydrogen-bond acceptors (Lipinski definition) is 2. The van der Waals surface area contributed by atoms with Gasteiger partial charge in [0, 0.05) is 12.4 Å². The number of nitrogens with one attached hydrogen (secondary N) is 1. The Morgan fingerprint density at radius 1 is 1.50 bits per heavy atom. The second-order valence-corrected chi connectivity index (χ2v) is 2.67. The summed E-state index contributed by atoms with van der Waals surface area (Å²) in [5, 5.41) is 0. The van der Waals surface area contributed by atoms with Crippen LogP contribution in [0.25, 0.3) is 0 Å². The van der Waals surface area contributed by atoms with E-state index in [4.69, 9.17) is 0 Å². The van der Waals surface area contributed by atoms with E-state index in [1.165, 1.54) is 6.20 Å². The number of rotatable bonds is 3. The number of halogens is 3. The highest BCUT2D eigenvalue weighted by Gasteiger charge is 2.29. The number of esters is 1. The molecule has 1 aromatic heterocycles. The maximum Gasteiger partial charge on any atom is 0.422 e.